The molecule has 0 aliphatic carbocycles. The Morgan fingerprint density at radius 3 is 3.18 bits per heavy atom. The maximum absolute atomic E-state index is 10.7. The van der Waals surface area contributed by atoms with E-state index in [1.165, 1.54) is 12.7 Å². The van der Waals surface area contributed by atoms with Gasteiger partial charge in [0.25, 0.3) is 0 Å². The molecule has 2 nitrogen and oxygen atoms in total. The second-order valence-electron chi connectivity index (χ2n) is 2.35. The van der Waals surface area contributed by atoms with Crippen LogP contribution in [0.4, 0.5) is 0 Å². The van der Waals surface area contributed by atoms with Crippen molar-refractivity contribution in [2.75, 3.05) is 12.9 Å². The summed E-state index contributed by atoms with van der Waals surface area (Å²) in [6, 6.07) is 0. The van der Waals surface area contributed by atoms with Gasteiger partial charge in [-0.2, -0.15) is 0 Å². The van der Waals surface area contributed by atoms with Crippen molar-refractivity contribution in [1.29, 1.82) is 0 Å². The molecule has 0 bridgehead atoms. The van der Waals surface area contributed by atoms with E-state index in [0.717, 1.165) is 12.2 Å². The fourth-order valence-corrected chi connectivity index (χ4v) is 1.71. The van der Waals surface area contributed by atoms with Crippen LogP contribution < -0.4 is 0 Å². The van der Waals surface area contributed by atoms with Crippen LogP contribution in [0.5, 0.6) is 0 Å². The maximum Gasteiger partial charge on any atom is 0.305 e. The number of hydrogen-bond acceptors (Lipinski definition) is 3. The first-order valence-electron chi connectivity index (χ1n) is 3.52. The van der Waals surface area contributed by atoms with E-state index < -0.39 is 0 Å². The molecule has 0 spiro atoms. The third-order valence-corrected chi connectivity index (χ3v) is 2.41. The van der Waals surface area contributed by atoms with Crippen molar-refractivity contribution in [2.24, 2.45) is 0 Å². The summed E-state index contributed by atoms with van der Waals surface area (Å²) in [6.45, 7) is 0. The molecule has 1 radical (unpaired) electrons. The minimum atomic E-state index is -0.122. The highest BCUT2D eigenvalue weighted by Crippen LogP contribution is 2.24. The normalized spacial score (nSPS) is 16.3. The van der Waals surface area contributed by atoms with Crippen LogP contribution in [0.25, 0.3) is 0 Å². The van der Waals surface area contributed by atoms with E-state index in [2.05, 4.69) is 16.6 Å². The Bertz CT molecular complexity index is 175. The number of esters is 1. The van der Waals surface area contributed by atoms with Crippen LogP contribution in [0.2, 0.25) is 0 Å². The molecule has 11 heavy (non-hydrogen) atoms. The zero-order chi connectivity index (χ0) is 8.10. The van der Waals surface area contributed by atoms with Crippen LogP contribution in [0.3, 0.4) is 0 Å². The molecule has 0 amide bonds. The summed E-state index contributed by atoms with van der Waals surface area (Å²) in [6.07, 6.45) is 3.43. The van der Waals surface area contributed by atoms with E-state index in [0.29, 0.717) is 6.42 Å². The van der Waals surface area contributed by atoms with Crippen molar-refractivity contribution in [3.8, 4) is 0 Å². The Hall–Kier alpha value is -0.440. The van der Waals surface area contributed by atoms with E-state index in [4.69, 9.17) is 0 Å². The van der Waals surface area contributed by atoms with E-state index in [1.54, 1.807) is 11.8 Å². The zero-order valence-electron chi connectivity index (χ0n) is 6.50. The lowest BCUT2D eigenvalue weighted by Gasteiger charge is -1.98. The van der Waals surface area contributed by atoms with Crippen LogP contribution in [-0.4, -0.2) is 18.8 Å². The van der Waals surface area contributed by atoms with E-state index in [9.17, 15) is 4.79 Å². The highest BCUT2D eigenvalue weighted by Gasteiger charge is 2.07. The molecule has 0 N–H and O–H groups in total. The Morgan fingerprint density at radius 2 is 2.64 bits per heavy atom. The van der Waals surface area contributed by atoms with Gasteiger partial charge in [-0.25, -0.2) is 0 Å². The van der Waals surface area contributed by atoms with Gasteiger partial charge in [-0.15, -0.1) is 11.8 Å². The predicted molar refractivity (Wildman–Crippen MR) is 46.1 cm³/mol. The van der Waals surface area contributed by atoms with Gasteiger partial charge < -0.3 is 4.74 Å². The highest BCUT2D eigenvalue weighted by molar-refractivity contribution is 8.01. The molecule has 0 aromatic rings. The standard InChI is InChI=1S/C8H11O2S/c1-10-8(9)3-2-7-4-5-11-6-7/h4-5H,2-3,6H2,1H3. The number of ether oxygens (including phenoxy) is 1. The van der Waals surface area contributed by atoms with Gasteiger partial charge in [-0.05, 0) is 6.42 Å². The second kappa shape index (κ2) is 4.44. The maximum atomic E-state index is 10.7. The molecule has 1 aliphatic heterocycles. The van der Waals surface area contributed by atoms with Crippen LogP contribution in [0.1, 0.15) is 12.8 Å². The number of carbonyl (C=O) groups is 1. The average molecular weight is 171 g/mol. The van der Waals surface area contributed by atoms with Gasteiger partial charge in [-0.1, -0.05) is 11.6 Å². The first kappa shape index (κ1) is 8.65. The Kier molecular flexibility index (Phi) is 3.49. The monoisotopic (exact) mass is 171 g/mol. The number of rotatable bonds is 3. The lowest BCUT2D eigenvalue weighted by Crippen LogP contribution is -2.00. The van der Waals surface area contributed by atoms with Gasteiger partial charge in [0, 0.05) is 17.9 Å². The minimum absolute atomic E-state index is 0.122. The molecule has 3 heteroatoms. The summed E-state index contributed by atoms with van der Waals surface area (Å²) in [4.78, 5) is 10.7. The smallest absolute Gasteiger partial charge is 0.305 e. The van der Waals surface area contributed by atoms with Crippen molar-refractivity contribution in [3.63, 3.8) is 0 Å². The van der Waals surface area contributed by atoms with Gasteiger partial charge in [0.1, 0.15) is 0 Å². The van der Waals surface area contributed by atoms with Gasteiger partial charge in [0.2, 0.25) is 0 Å². The molecule has 0 saturated carbocycles. The lowest BCUT2D eigenvalue weighted by molar-refractivity contribution is -0.140. The first-order chi connectivity index (χ1) is 5.33. The minimum Gasteiger partial charge on any atom is -0.469 e. The quantitative estimate of drug-likeness (QED) is 0.605. The van der Waals surface area contributed by atoms with Crippen molar-refractivity contribution in [2.45, 2.75) is 12.8 Å². The van der Waals surface area contributed by atoms with Crippen molar-refractivity contribution in [3.05, 3.63) is 17.4 Å². The Labute approximate surface area is 71.0 Å². The SMILES string of the molecule is COC(=O)CCC1=C[CH]SC1. The van der Waals surface area contributed by atoms with E-state index in [-0.39, 0.29) is 5.97 Å². The summed E-state index contributed by atoms with van der Waals surface area (Å²) < 4.78 is 4.53. The van der Waals surface area contributed by atoms with Crippen LogP contribution in [-0.2, 0) is 9.53 Å². The molecule has 0 aromatic heterocycles. The molecule has 0 unspecified atom stereocenters. The predicted octanol–water partition coefficient (Wildman–Crippen LogP) is 1.77. The van der Waals surface area contributed by atoms with Gasteiger partial charge in [0.05, 0.1) is 7.11 Å². The average Bonchev–Trinajstić information content (AvgIpc) is 2.52. The molecule has 1 aliphatic rings. The number of methoxy groups -OCH3 is 1. The topological polar surface area (TPSA) is 26.3 Å². The second-order valence-corrected chi connectivity index (χ2v) is 3.24. The number of thioether (sulfide) groups is 1. The fraction of sp³-hybridized carbons (Fsp3) is 0.500. The van der Waals surface area contributed by atoms with Crippen LogP contribution in [0, 0.1) is 5.75 Å². The Morgan fingerprint density at radius 1 is 1.82 bits per heavy atom. The van der Waals surface area contributed by atoms with Crippen molar-refractivity contribution >= 4 is 17.7 Å². The molecule has 1 rings (SSSR count). The molecule has 0 atom stereocenters. The summed E-state index contributed by atoms with van der Waals surface area (Å²) >= 11 is 1.77. The van der Waals surface area contributed by atoms with E-state index in [1.807, 2.05) is 0 Å². The molecular formula is C8H11O2S. The Balaban J connectivity index is 2.16. The fourth-order valence-electron chi connectivity index (χ4n) is 0.868. The van der Waals surface area contributed by atoms with E-state index >= 15 is 0 Å². The first-order valence-corrected chi connectivity index (χ1v) is 4.57. The summed E-state index contributed by atoms with van der Waals surface area (Å²) in [5.74, 6) is 2.98. The van der Waals surface area contributed by atoms with Crippen LogP contribution >= 0.6 is 11.8 Å². The summed E-state index contributed by atoms with van der Waals surface area (Å²) in [7, 11) is 1.42. The van der Waals surface area contributed by atoms with Gasteiger partial charge in [0.15, 0.2) is 0 Å². The largest absolute Gasteiger partial charge is 0.469 e. The summed E-state index contributed by atoms with van der Waals surface area (Å²) in [5, 5.41) is 0. The highest BCUT2D eigenvalue weighted by atomic mass is 32.2. The lowest BCUT2D eigenvalue weighted by atomic mass is 10.1. The molecular weight excluding hydrogens is 160 g/mol. The third-order valence-electron chi connectivity index (χ3n) is 1.55. The molecule has 0 aromatic carbocycles. The summed E-state index contributed by atoms with van der Waals surface area (Å²) in [5.41, 5.74) is 1.33. The van der Waals surface area contributed by atoms with Crippen molar-refractivity contribution in [1.82, 2.24) is 0 Å². The third kappa shape index (κ3) is 2.97. The zero-order valence-corrected chi connectivity index (χ0v) is 7.32. The van der Waals surface area contributed by atoms with Gasteiger partial charge in [-0.3, -0.25) is 4.79 Å². The number of hydrogen-bond donors (Lipinski definition) is 0. The van der Waals surface area contributed by atoms with Crippen LogP contribution in [0.15, 0.2) is 11.6 Å². The molecule has 0 fully saturated rings. The molecule has 61 valence electrons. The van der Waals surface area contributed by atoms with Gasteiger partial charge >= 0.3 is 5.97 Å². The number of carbonyl (C=O) groups excluding carboxylic acids is 1. The van der Waals surface area contributed by atoms with Crippen molar-refractivity contribution < 1.29 is 9.53 Å². The molecule has 1 heterocycles. The molecule has 0 saturated heterocycles.